The minimum Gasteiger partial charge on any atom is -0.465 e. The van der Waals surface area contributed by atoms with E-state index in [2.05, 4.69) is 59.2 Å². The van der Waals surface area contributed by atoms with Crippen molar-refractivity contribution in [3.8, 4) is 0 Å². The zero-order valence-electron chi connectivity index (χ0n) is 7.26. The summed E-state index contributed by atoms with van der Waals surface area (Å²) in [6.07, 6.45) is 0. The zero-order valence-corrected chi connectivity index (χ0v) is 12.6. The highest BCUT2D eigenvalue weighted by Crippen LogP contribution is 2.32. The van der Waals surface area contributed by atoms with Gasteiger partial charge in [0.2, 0.25) is 0 Å². The largest absolute Gasteiger partial charge is 0.465 e. The van der Waals surface area contributed by atoms with Gasteiger partial charge in [-0.25, -0.2) is 4.79 Å². The summed E-state index contributed by atoms with van der Waals surface area (Å²) in [5.41, 5.74) is 1.67. The van der Waals surface area contributed by atoms with Crippen LogP contribution in [0.2, 0.25) is 0 Å². The molecule has 5 heteroatoms. The summed E-state index contributed by atoms with van der Waals surface area (Å²) in [6.45, 7) is 0. The summed E-state index contributed by atoms with van der Waals surface area (Å²) in [4.78, 5) is 11.2. The van der Waals surface area contributed by atoms with Crippen LogP contribution in [0, 0.1) is 3.57 Å². The summed E-state index contributed by atoms with van der Waals surface area (Å²) in [5.74, 6) is -0.310. The number of ether oxygens (including phenoxy) is 1. The second-order valence-electron chi connectivity index (χ2n) is 2.53. The van der Waals surface area contributed by atoms with E-state index in [1.54, 1.807) is 12.1 Å². The molecule has 76 valence electrons. The van der Waals surface area contributed by atoms with Crippen molar-refractivity contribution in [3.63, 3.8) is 0 Å². The molecule has 0 aliphatic rings. The first-order valence-electron chi connectivity index (χ1n) is 3.72. The first-order valence-corrected chi connectivity index (χ1v) is 6.63. The molecule has 0 aliphatic carbocycles. The summed E-state index contributed by atoms with van der Waals surface area (Å²) in [7, 11) is 1.38. The van der Waals surface area contributed by atoms with E-state index in [4.69, 9.17) is 0 Å². The van der Waals surface area contributed by atoms with Crippen LogP contribution in [0.5, 0.6) is 0 Å². The van der Waals surface area contributed by atoms with Gasteiger partial charge in [0.05, 0.1) is 16.4 Å². The fraction of sp³-hybridized carbons (Fsp3) is 0.222. The number of methoxy groups -OCH3 is 1. The average molecular weight is 434 g/mol. The summed E-state index contributed by atoms with van der Waals surface area (Å²) >= 11 is 9.00. The molecule has 14 heavy (non-hydrogen) atoms. The lowest BCUT2D eigenvalue weighted by atomic mass is 10.1. The number of alkyl halides is 2. The molecule has 0 fully saturated rings. The first kappa shape index (κ1) is 12.4. The maximum atomic E-state index is 11.2. The van der Waals surface area contributed by atoms with Crippen LogP contribution in [0.15, 0.2) is 18.2 Å². The third kappa shape index (κ3) is 2.93. The van der Waals surface area contributed by atoms with Crippen LogP contribution in [-0.2, 0) is 4.74 Å². The molecule has 0 heterocycles. The van der Waals surface area contributed by atoms with Crippen molar-refractivity contribution in [1.82, 2.24) is 0 Å². The molecule has 0 saturated carbocycles. The van der Waals surface area contributed by atoms with Gasteiger partial charge in [-0.2, -0.15) is 0 Å². The van der Waals surface area contributed by atoms with Gasteiger partial charge in [0.1, 0.15) is 0 Å². The van der Waals surface area contributed by atoms with Gasteiger partial charge < -0.3 is 4.74 Å². The highest BCUT2D eigenvalue weighted by atomic mass is 127. The van der Waals surface area contributed by atoms with Crippen LogP contribution >= 0.6 is 54.5 Å². The molecule has 0 N–H and O–H groups in total. The Hall–Kier alpha value is 0.380. The normalized spacial score (nSPS) is 10.4. The molecule has 0 atom stereocenters. The van der Waals surface area contributed by atoms with Gasteiger partial charge in [0, 0.05) is 3.57 Å². The molecule has 0 aromatic heterocycles. The third-order valence-electron chi connectivity index (χ3n) is 1.66. The molecule has 0 bridgehead atoms. The minimum atomic E-state index is -0.310. The lowest BCUT2D eigenvalue weighted by Gasteiger charge is -2.06. The van der Waals surface area contributed by atoms with Crippen LogP contribution in [0.4, 0.5) is 0 Å². The molecule has 0 aliphatic heterocycles. The number of halogens is 3. The summed E-state index contributed by atoms with van der Waals surface area (Å²) in [6, 6.07) is 5.44. The number of rotatable bonds is 2. The van der Waals surface area contributed by atoms with Crippen molar-refractivity contribution in [2.75, 3.05) is 7.11 Å². The first-order chi connectivity index (χ1) is 6.56. The fourth-order valence-electron chi connectivity index (χ4n) is 0.949. The summed E-state index contributed by atoms with van der Waals surface area (Å²) in [5, 5.41) is 0. The quantitative estimate of drug-likeness (QED) is 0.402. The smallest absolute Gasteiger partial charge is 0.337 e. The predicted octanol–water partition coefficient (Wildman–Crippen LogP) is 3.87. The molecule has 0 spiro atoms. The Morgan fingerprint density at radius 2 is 2.14 bits per heavy atom. The van der Waals surface area contributed by atoms with Gasteiger partial charge in [-0.1, -0.05) is 37.9 Å². The highest BCUT2D eigenvalue weighted by molar-refractivity contribution is 14.1. The Kier molecular flexibility index (Phi) is 4.86. The van der Waals surface area contributed by atoms with E-state index in [-0.39, 0.29) is 9.71 Å². The molecule has 1 rings (SSSR count). The monoisotopic (exact) mass is 432 g/mol. The Morgan fingerprint density at radius 3 is 2.57 bits per heavy atom. The Labute approximate surface area is 113 Å². The fourth-order valence-corrected chi connectivity index (χ4v) is 3.43. The topological polar surface area (TPSA) is 26.3 Å². The van der Waals surface area contributed by atoms with Crippen molar-refractivity contribution in [3.05, 3.63) is 32.9 Å². The molecule has 0 amide bonds. The maximum Gasteiger partial charge on any atom is 0.337 e. The predicted molar refractivity (Wildman–Crippen MR) is 71.1 cm³/mol. The maximum absolute atomic E-state index is 11.2. The van der Waals surface area contributed by atoms with Crippen molar-refractivity contribution in [2.24, 2.45) is 0 Å². The van der Waals surface area contributed by atoms with Crippen LogP contribution in [-0.4, -0.2) is 13.1 Å². The standard InChI is InChI=1S/C9H7Br2IO2/c1-14-9(13)5-2-3-6(8(10)11)7(12)4-5/h2-4,8H,1H3. The van der Waals surface area contributed by atoms with E-state index in [0.29, 0.717) is 5.56 Å². The molecule has 1 aromatic rings. The third-order valence-corrected chi connectivity index (χ3v) is 3.58. The second kappa shape index (κ2) is 5.46. The van der Waals surface area contributed by atoms with E-state index in [0.717, 1.165) is 9.13 Å². The van der Waals surface area contributed by atoms with E-state index in [1.807, 2.05) is 6.07 Å². The number of carbonyl (C=O) groups is 1. The molecule has 0 saturated heterocycles. The van der Waals surface area contributed by atoms with Crippen molar-refractivity contribution in [1.29, 1.82) is 0 Å². The Balaban J connectivity index is 3.06. The summed E-state index contributed by atoms with van der Waals surface area (Å²) < 4.78 is 5.75. The molecule has 0 radical (unpaired) electrons. The van der Waals surface area contributed by atoms with Gasteiger partial charge in [-0.3, -0.25) is 0 Å². The van der Waals surface area contributed by atoms with Crippen LogP contribution in [0.25, 0.3) is 0 Å². The Morgan fingerprint density at radius 1 is 1.50 bits per heavy atom. The second-order valence-corrected chi connectivity index (χ2v) is 6.75. The lowest BCUT2D eigenvalue weighted by Crippen LogP contribution is -2.02. The molecular formula is C9H7Br2IO2. The van der Waals surface area contributed by atoms with E-state index in [1.165, 1.54) is 7.11 Å². The van der Waals surface area contributed by atoms with Crippen molar-refractivity contribution < 1.29 is 9.53 Å². The van der Waals surface area contributed by atoms with Gasteiger partial charge in [-0.05, 0) is 40.3 Å². The molecule has 2 nitrogen and oxygen atoms in total. The SMILES string of the molecule is COC(=O)c1ccc(C(Br)Br)c(I)c1. The van der Waals surface area contributed by atoms with Gasteiger partial charge in [0.15, 0.2) is 0 Å². The number of esters is 1. The molecule has 1 aromatic carbocycles. The minimum absolute atomic E-state index is 0.105. The average Bonchev–Trinajstić information content (AvgIpc) is 2.15. The van der Waals surface area contributed by atoms with Gasteiger partial charge in [-0.15, -0.1) is 0 Å². The number of benzene rings is 1. The van der Waals surface area contributed by atoms with Crippen LogP contribution in [0.1, 0.15) is 19.7 Å². The van der Waals surface area contributed by atoms with Crippen LogP contribution < -0.4 is 0 Å². The van der Waals surface area contributed by atoms with E-state index < -0.39 is 0 Å². The van der Waals surface area contributed by atoms with Gasteiger partial charge >= 0.3 is 5.97 Å². The molecule has 0 unspecified atom stereocenters. The number of carbonyl (C=O) groups excluding carboxylic acids is 1. The zero-order chi connectivity index (χ0) is 10.7. The lowest BCUT2D eigenvalue weighted by molar-refractivity contribution is 0.0600. The molecular weight excluding hydrogens is 427 g/mol. The van der Waals surface area contributed by atoms with Crippen LogP contribution in [0.3, 0.4) is 0 Å². The van der Waals surface area contributed by atoms with Crippen molar-refractivity contribution >= 4 is 60.4 Å². The van der Waals surface area contributed by atoms with Crippen molar-refractivity contribution in [2.45, 2.75) is 3.74 Å². The van der Waals surface area contributed by atoms with Gasteiger partial charge in [0.25, 0.3) is 0 Å². The highest BCUT2D eigenvalue weighted by Gasteiger charge is 2.11. The number of hydrogen-bond acceptors (Lipinski definition) is 2. The van der Waals surface area contributed by atoms with E-state index in [9.17, 15) is 4.79 Å². The number of hydrogen-bond donors (Lipinski definition) is 0. The van der Waals surface area contributed by atoms with E-state index >= 15 is 0 Å². The Bertz CT molecular complexity index is 353.